The van der Waals surface area contributed by atoms with Gasteiger partial charge >= 0.3 is 5.97 Å². The van der Waals surface area contributed by atoms with E-state index in [1.54, 1.807) is 6.26 Å². The molecule has 0 bridgehead atoms. The molecule has 0 saturated heterocycles. The molecule has 0 aliphatic heterocycles. The van der Waals surface area contributed by atoms with Crippen LogP contribution >= 0.6 is 11.8 Å². The summed E-state index contributed by atoms with van der Waals surface area (Å²) in [6, 6.07) is -0.483. The van der Waals surface area contributed by atoms with Crippen LogP contribution in [0.15, 0.2) is 24.3 Å². The number of amides is 4. The first-order valence-corrected chi connectivity index (χ1v) is 13.0. The molecule has 0 aromatic heterocycles. The molecule has 0 spiro atoms. The van der Waals surface area contributed by atoms with E-state index in [-0.39, 0.29) is 18.6 Å². The number of phenolic OH excluding ortho intramolecular Hbond substituents is 1. The summed E-state index contributed by atoms with van der Waals surface area (Å²) in [6.45, 7) is -0.148. The van der Waals surface area contributed by atoms with E-state index >= 15 is 0 Å². The Morgan fingerprint density at radius 3 is 1.92 bits per heavy atom. The molecule has 14 nitrogen and oxygen atoms in total. The van der Waals surface area contributed by atoms with Crippen molar-refractivity contribution in [3.63, 3.8) is 0 Å². The van der Waals surface area contributed by atoms with Crippen LogP contribution in [-0.4, -0.2) is 105 Å². The minimum absolute atomic E-state index is 0.000103. The Balaban J connectivity index is 2.96. The van der Waals surface area contributed by atoms with Crippen molar-refractivity contribution in [2.24, 2.45) is 5.73 Å². The molecule has 1 aromatic rings. The number of carbonyl (C=O) groups is 5. The summed E-state index contributed by atoms with van der Waals surface area (Å²) in [4.78, 5) is 61.7. The molecule has 38 heavy (non-hydrogen) atoms. The number of rotatable bonds is 16. The van der Waals surface area contributed by atoms with E-state index in [0.29, 0.717) is 11.3 Å². The van der Waals surface area contributed by atoms with Crippen molar-refractivity contribution in [2.75, 3.05) is 25.2 Å². The first-order chi connectivity index (χ1) is 17.9. The molecular formula is C23H35N5O9S. The second-order valence-electron chi connectivity index (χ2n) is 8.38. The SMILES string of the molecule is CSCC[C@H](NC(=O)[C@H](C)NC(=O)[C@H](Cc1ccc(O)cc1)NC(=O)[C@@H](N)CO)C(=O)N[C@@H](CO)C(=O)O. The Labute approximate surface area is 223 Å². The van der Waals surface area contributed by atoms with E-state index in [4.69, 9.17) is 21.1 Å². The highest BCUT2D eigenvalue weighted by Gasteiger charge is 2.30. The summed E-state index contributed by atoms with van der Waals surface area (Å²) < 4.78 is 0. The number of hydrogen-bond donors (Lipinski definition) is 9. The minimum atomic E-state index is -1.55. The molecule has 4 amide bonds. The number of nitrogens with one attached hydrogen (secondary N) is 4. The molecule has 15 heteroatoms. The molecular weight excluding hydrogens is 522 g/mol. The minimum Gasteiger partial charge on any atom is -0.508 e. The monoisotopic (exact) mass is 557 g/mol. The van der Waals surface area contributed by atoms with Crippen LogP contribution in [0.1, 0.15) is 18.9 Å². The first-order valence-electron chi connectivity index (χ1n) is 11.6. The molecule has 0 fully saturated rings. The normalized spacial score (nSPS) is 14.8. The van der Waals surface area contributed by atoms with Crippen LogP contribution in [0.3, 0.4) is 0 Å². The highest BCUT2D eigenvalue weighted by molar-refractivity contribution is 7.98. The number of benzene rings is 1. The number of aliphatic hydroxyl groups is 2. The fourth-order valence-corrected chi connectivity index (χ4v) is 3.55. The summed E-state index contributed by atoms with van der Waals surface area (Å²) >= 11 is 1.39. The van der Waals surface area contributed by atoms with Gasteiger partial charge in [0, 0.05) is 6.42 Å². The Kier molecular flexibility index (Phi) is 14.1. The van der Waals surface area contributed by atoms with Gasteiger partial charge in [-0.15, -0.1) is 0 Å². The summed E-state index contributed by atoms with van der Waals surface area (Å²) in [5, 5.41) is 46.3. The fraction of sp³-hybridized carbons (Fsp3) is 0.522. The molecule has 0 aliphatic rings. The highest BCUT2D eigenvalue weighted by atomic mass is 32.2. The van der Waals surface area contributed by atoms with Crippen LogP contribution in [0.5, 0.6) is 5.75 Å². The van der Waals surface area contributed by atoms with E-state index in [1.165, 1.54) is 43.0 Å². The third-order valence-electron chi connectivity index (χ3n) is 5.34. The van der Waals surface area contributed by atoms with Gasteiger partial charge in [-0.05, 0) is 43.0 Å². The Hall–Kier alpha value is -3.40. The van der Waals surface area contributed by atoms with Gasteiger partial charge in [0.2, 0.25) is 23.6 Å². The maximum Gasteiger partial charge on any atom is 0.328 e. The zero-order valence-corrected chi connectivity index (χ0v) is 21.9. The number of carbonyl (C=O) groups excluding carboxylic acids is 4. The zero-order chi connectivity index (χ0) is 28.8. The molecule has 0 radical (unpaired) electrons. The summed E-state index contributed by atoms with van der Waals surface area (Å²) in [5.74, 6) is -4.12. The van der Waals surface area contributed by atoms with Crippen LogP contribution in [0.4, 0.5) is 0 Å². The molecule has 5 atom stereocenters. The predicted octanol–water partition coefficient (Wildman–Crippen LogP) is -2.96. The molecule has 0 saturated carbocycles. The van der Waals surface area contributed by atoms with Gasteiger partial charge in [-0.1, -0.05) is 12.1 Å². The van der Waals surface area contributed by atoms with Crippen molar-refractivity contribution >= 4 is 41.4 Å². The second-order valence-corrected chi connectivity index (χ2v) is 9.36. The molecule has 0 aliphatic carbocycles. The van der Waals surface area contributed by atoms with Gasteiger partial charge in [0.15, 0.2) is 0 Å². The lowest BCUT2D eigenvalue weighted by atomic mass is 10.0. The molecule has 212 valence electrons. The van der Waals surface area contributed by atoms with Crippen LogP contribution in [0.25, 0.3) is 0 Å². The van der Waals surface area contributed by atoms with Crippen LogP contribution in [0, 0.1) is 0 Å². The standard InChI is InChI=1S/C23H35N5O9S/c1-12(19(32)26-16(7-8-38-2)21(34)28-18(11-30)23(36)37)25-22(35)17(27-20(33)15(24)10-29)9-13-3-5-14(31)6-4-13/h3-6,12,15-18,29-31H,7-11,24H2,1-2H3,(H,25,35)(H,26,32)(H,27,33)(H,28,34)(H,36,37)/t12-,15-,16-,17-,18-/m0/s1. The van der Waals surface area contributed by atoms with Crippen LogP contribution in [0.2, 0.25) is 0 Å². The number of hydrogen-bond acceptors (Lipinski definition) is 10. The number of aliphatic hydroxyl groups excluding tert-OH is 2. The molecule has 10 N–H and O–H groups in total. The third-order valence-corrected chi connectivity index (χ3v) is 5.98. The Morgan fingerprint density at radius 1 is 0.842 bits per heavy atom. The number of aromatic hydroxyl groups is 1. The number of thioether (sulfide) groups is 1. The Morgan fingerprint density at radius 2 is 1.39 bits per heavy atom. The number of carboxylic acids is 1. The van der Waals surface area contributed by atoms with Crippen molar-refractivity contribution in [1.82, 2.24) is 21.3 Å². The first kappa shape index (κ1) is 32.6. The summed E-state index contributed by atoms with van der Waals surface area (Å²) in [7, 11) is 0. The highest BCUT2D eigenvalue weighted by Crippen LogP contribution is 2.12. The number of carboxylic acid groups (broad SMARTS) is 1. The van der Waals surface area contributed by atoms with Gasteiger partial charge < -0.3 is 47.4 Å². The second kappa shape index (κ2) is 16.4. The average molecular weight is 558 g/mol. The number of aliphatic carboxylic acids is 1. The lowest BCUT2D eigenvalue weighted by Gasteiger charge is -2.24. The fourth-order valence-electron chi connectivity index (χ4n) is 3.08. The molecule has 0 unspecified atom stereocenters. The van der Waals surface area contributed by atoms with Gasteiger partial charge in [0.05, 0.1) is 13.2 Å². The van der Waals surface area contributed by atoms with E-state index in [1.807, 2.05) is 0 Å². The van der Waals surface area contributed by atoms with Crippen molar-refractivity contribution in [3.05, 3.63) is 29.8 Å². The Bertz CT molecular complexity index is 963. The molecule has 1 rings (SSSR count). The van der Waals surface area contributed by atoms with Crippen molar-refractivity contribution in [1.29, 1.82) is 0 Å². The van der Waals surface area contributed by atoms with E-state index in [2.05, 4.69) is 21.3 Å². The number of phenols is 1. The lowest BCUT2D eigenvalue weighted by Crippen LogP contribution is -2.58. The smallest absolute Gasteiger partial charge is 0.328 e. The van der Waals surface area contributed by atoms with Crippen molar-refractivity contribution in [3.8, 4) is 5.75 Å². The van der Waals surface area contributed by atoms with Crippen molar-refractivity contribution < 1.29 is 44.4 Å². The maximum atomic E-state index is 13.0. The van der Waals surface area contributed by atoms with E-state index in [0.717, 1.165) is 0 Å². The quantitative estimate of drug-likeness (QED) is 0.0994. The maximum absolute atomic E-state index is 13.0. The topological polar surface area (TPSA) is 240 Å². The van der Waals surface area contributed by atoms with Gasteiger partial charge in [-0.2, -0.15) is 11.8 Å². The van der Waals surface area contributed by atoms with Gasteiger partial charge in [-0.3, -0.25) is 19.2 Å². The summed E-state index contributed by atoms with van der Waals surface area (Å²) in [6.07, 6.45) is 1.90. The van der Waals surface area contributed by atoms with E-state index < -0.39 is 73.0 Å². The zero-order valence-electron chi connectivity index (χ0n) is 21.0. The predicted molar refractivity (Wildman–Crippen MR) is 138 cm³/mol. The van der Waals surface area contributed by atoms with Gasteiger partial charge in [-0.25, -0.2) is 4.79 Å². The number of nitrogens with two attached hydrogens (primary N) is 1. The van der Waals surface area contributed by atoms with Crippen molar-refractivity contribution in [2.45, 2.75) is 50.0 Å². The molecule has 0 heterocycles. The lowest BCUT2D eigenvalue weighted by molar-refractivity contribution is -0.143. The van der Waals surface area contributed by atoms with Crippen LogP contribution < -0.4 is 27.0 Å². The van der Waals surface area contributed by atoms with Gasteiger partial charge in [0.1, 0.15) is 36.0 Å². The molecule has 1 aromatic carbocycles. The van der Waals surface area contributed by atoms with Gasteiger partial charge in [0.25, 0.3) is 0 Å². The largest absolute Gasteiger partial charge is 0.508 e. The third kappa shape index (κ3) is 10.9. The average Bonchev–Trinajstić information content (AvgIpc) is 2.89. The summed E-state index contributed by atoms with van der Waals surface area (Å²) in [5.41, 5.74) is 6.10. The van der Waals surface area contributed by atoms with Crippen LogP contribution in [-0.2, 0) is 30.4 Å². The van der Waals surface area contributed by atoms with E-state index in [9.17, 15) is 29.1 Å².